The van der Waals surface area contributed by atoms with Crippen LogP contribution in [-0.2, 0) is 9.53 Å². The Bertz CT molecular complexity index is 422. The molecule has 0 saturated carbocycles. The van der Waals surface area contributed by atoms with Crippen molar-refractivity contribution >= 4 is 17.4 Å². The summed E-state index contributed by atoms with van der Waals surface area (Å²) >= 11 is 0. The molecule has 1 N–H and O–H groups in total. The number of anilines is 2. The molecule has 1 saturated heterocycles. The maximum absolute atomic E-state index is 11.3. The van der Waals surface area contributed by atoms with E-state index in [2.05, 4.69) is 15.2 Å². The predicted molar refractivity (Wildman–Crippen MR) is 70.7 cm³/mol. The van der Waals surface area contributed by atoms with E-state index in [9.17, 15) is 4.79 Å². The Morgan fingerprint density at radius 3 is 2.83 bits per heavy atom. The molecule has 1 aromatic heterocycles. The fourth-order valence-corrected chi connectivity index (χ4v) is 1.77. The maximum Gasteiger partial charge on any atom is 0.248 e. The van der Waals surface area contributed by atoms with Crippen molar-refractivity contribution in [1.29, 1.82) is 0 Å². The molecule has 0 unspecified atom stereocenters. The van der Waals surface area contributed by atoms with Gasteiger partial charge in [-0.1, -0.05) is 6.08 Å². The third kappa shape index (κ3) is 3.30. The Kier molecular flexibility index (Phi) is 4.30. The van der Waals surface area contributed by atoms with E-state index < -0.39 is 0 Å². The molecule has 1 aromatic rings. The average Bonchev–Trinajstić information content (AvgIpc) is 2.41. The van der Waals surface area contributed by atoms with E-state index in [1.165, 1.54) is 6.08 Å². The van der Waals surface area contributed by atoms with Gasteiger partial charge in [-0.15, -0.1) is 0 Å². The molecule has 1 aliphatic rings. The van der Waals surface area contributed by atoms with Gasteiger partial charge in [0.15, 0.2) is 0 Å². The molecule has 0 aliphatic carbocycles. The molecule has 5 heteroatoms. The van der Waals surface area contributed by atoms with Crippen molar-refractivity contribution in [3.05, 3.63) is 30.5 Å². The normalized spacial score (nSPS) is 15.9. The van der Waals surface area contributed by atoms with Crippen LogP contribution in [0.1, 0.15) is 6.92 Å². The van der Waals surface area contributed by atoms with Gasteiger partial charge in [0.1, 0.15) is 5.82 Å². The molecule has 2 heterocycles. The first-order valence-corrected chi connectivity index (χ1v) is 6.02. The Morgan fingerprint density at radius 2 is 2.22 bits per heavy atom. The van der Waals surface area contributed by atoms with E-state index in [0.717, 1.165) is 32.1 Å². The van der Waals surface area contributed by atoms with Crippen molar-refractivity contribution in [2.24, 2.45) is 0 Å². The number of rotatable bonds is 3. The molecule has 0 spiro atoms. The molecule has 0 aromatic carbocycles. The molecule has 96 valence electrons. The first-order chi connectivity index (χ1) is 8.79. The van der Waals surface area contributed by atoms with Crippen LogP contribution in [0.3, 0.4) is 0 Å². The number of hydrogen-bond donors (Lipinski definition) is 1. The summed E-state index contributed by atoms with van der Waals surface area (Å²) in [6.45, 7) is 5.00. The highest BCUT2D eigenvalue weighted by atomic mass is 16.5. The molecule has 0 bridgehead atoms. The van der Waals surface area contributed by atoms with Crippen LogP contribution in [-0.4, -0.2) is 37.2 Å². The minimum absolute atomic E-state index is 0.140. The van der Waals surface area contributed by atoms with Gasteiger partial charge in [0.25, 0.3) is 0 Å². The lowest BCUT2D eigenvalue weighted by Crippen LogP contribution is -2.36. The van der Waals surface area contributed by atoms with Crippen LogP contribution in [0.2, 0.25) is 0 Å². The number of ether oxygens (including phenoxy) is 1. The highest BCUT2D eigenvalue weighted by Crippen LogP contribution is 2.15. The van der Waals surface area contributed by atoms with Crippen molar-refractivity contribution < 1.29 is 9.53 Å². The third-order valence-electron chi connectivity index (χ3n) is 2.67. The third-order valence-corrected chi connectivity index (χ3v) is 2.67. The number of carbonyl (C=O) groups excluding carboxylic acids is 1. The van der Waals surface area contributed by atoms with Crippen molar-refractivity contribution in [2.75, 3.05) is 36.5 Å². The predicted octanol–water partition coefficient (Wildman–Crippen LogP) is 1.43. The number of allylic oxidation sites excluding steroid dienone is 1. The van der Waals surface area contributed by atoms with Crippen LogP contribution in [0.5, 0.6) is 0 Å². The number of nitrogens with one attached hydrogen (secondary N) is 1. The largest absolute Gasteiger partial charge is 0.378 e. The lowest BCUT2D eigenvalue weighted by molar-refractivity contribution is -0.111. The highest BCUT2D eigenvalue weighted by molar-refractivity contribution is 5.99. The number of pyridine rings is 1. The summed E-state index contributed by atoms with van der Waals surface area (Å²) in [4.78, 5) is 17.9. The Balaban J connectivity index is 1.98. The molecule has 5 nitrogen and oxygen atoms in total. The van der Waals surface area contributed by atoms with Crippen LogP contribution in [0, 0.1) is 0 Å². The Labute approximate surface area is 106 Å². The fourth-order valence-electron chi connectivity index (χ4n) is 1.77. The van der Waals surface area contributed by atoms with Gasteiger partial charge >= 0.3 is 0 Å². The summed E-state index contributed by atoms with van der Waals surface area (Å²) in [6, 6.07) is 3.77. The van der Waals surface area contributed by atoms with Gasteiger partial charge in [-0.3, -0.25) is 4.79 Å². The zero-order valence-electron chi connectivity index (χ0n) is 10.4. The van der Waals surface area contributed by atoms with Gasteiger partial charge in [0.05, 0.1) is 25.1 Å². The number of amides is 1. The standard InChI is InChI=1S/C13H17N3O2/c1-2-3-13(17)15-11-4-5-12(14-10-11)16-6-8-18-9-7-16/h2-5,10H,6-9H2,1H3,(H,15,17). The maximum atomic E-state index is 11.3. The van der Waals surface area contributed by atoms with Gasteiger partial charge in [-0.25, -0.2) is 4.98 Å². The van der Waals surface area contributed by atoms with Crippen LogP contribution in [0.25, 0.3) is 0 Å². The molecular formula is C13H17N3O2. The van der Waals surface area contributed by atoms with Crippen molar-refractivity contribution in [1.82, 2.24) is 4.98 Å². The SMILES string of the molecule is CC=CC(=O)Nc1ccc(N2CCOCC2)nc1. The van der Waals surface area contributed by atoms with Gasteiger partial charge in [-0.2, -0.15) is 0 Å². The quantitative estimate of drug-likeness (QED) is 0.821. The summed E-state index contributed by atoms with van der Waals surface area (Å²) in [7, 11) is 0. The van der Waals surface area contributed by atoms with E-state index in [4.69, 9.17) is 4.74 Å². The summed E-state index contributed by atoms with van der Waals surface area (Å²) in [5, 5.41) is 2.74. The van der Waals surface area contributed by atoms with E-state index in [-0.39, 0.29) is 5.91 Å². The van der Waals surface area contributed by atoms with E-state index in [0.29, 0.717) is 5.69 Å². The fraction of sp³-hybridized carbons (Fsp3) is 0.385. The molecule has 1 fully saturated rings. The smallest absolute Gasteiger partial charge is 0.248 e. The van der Waals surface area contributed by atoms with Gasteiger partial charge in [-0.05, 0) is 25.1 Å². The minimum Gasteiger partial charge on any atom is -0.378 e. The minimum atomic E-state index is -0.140. The highest BCUT2D eigenvalue weighted by Gasteiger charge is 2.11. The second-order valence-electron chi connectivity index (χ2n) is 3.99. The molecule has 0 radical (unpaired) electrons. The first-order valence-electron chi connectivity index (χ1n) is 6.02. The molecule has 1 aliphatic heterocycles. The summed E-state index contributed by atoms with van der Waals surface area (Å²) in [5.41, 5.74) is 0.704. The van der Waals surface area contributed by atoms with Crippen molar-refractivity contribution in [2.45, 2.75) is 6.92 Å². The summed E-state index contributed by atoms with van der Waals surface area (Å²) < 4.78 is 5.29. The molecule has 0 atom stereocenters. The van der Waals surface area contributed by atoms with Crippen LogP contribution < -0.4 is 10.2 Å². The first kappa shape index (κ1) is 12.6. The molecular weight excluding hydrogens is 230 g/mol. The average molecular weight is 247 g/mol. The van der Waals surface area contributed by atoms with Crippen LogP contribution in [0.4, 0.5) is 11.5 Å². The Morgan fingerprint density at radius 1 is 1.44 bits per heavy atom. The van der Waals surface area contributed by atoms with Crippen LogP contribution in [0.15, 0.2) is 30.5 Å². The number of hydrogen-bond acceptors (Lipinski definition) is 4. The number of carbonyl (C=O) groups is 1. The van der Waals surface area contributed by atoms with Crippen LogP contribution >= 0.6 is 0 Å². The van der Waals surface area contributed by atoms with Gasteiger partial charge in [0.2, 0.25) is 5.91 Å². The molecule has 18 heavy (non-hydrogen) atoms. The summed E-state index contributed by atoms with van der Waals surface area (Å²) in [6.07, 6.45) is 4.85. The molecule has 2 rings (SSSR count). The van der Waals surface area contributed by atoms with E-state index in [1.54, 1.807) is 19.2 Å². The van der Waals surface area contributed by atoms with Gasteiger partial charge in [0, 0.05) is 13.1 Å². The number of morpholine rings is 1. The number of nitrogens with zero attached hydrogens (tertiary/aromatic N) is 2. The van der Waals surface area contributed by atoms with Gasteiger partial charge < -0.3 is 15.0 Å². The lowest BCUT2D eigenvalue weighted by Gasteiger charge is -2.27. The zero-order chi connectivity index (χ0) is 12.8. The second kappa shape index (κ2) is 6.16. The monoisotopic (exact) mass is 247 g/mol. The molecule has 1 amide bonds. The van der Waals surface area contributed by atoms with Crippen molar-refractivity contribution in [3.63, 3.8) is 0 Å². The van der Waals surface area contributed by atoms with E-state index >= 15 is 0 Å². The zero-order valence-corrected chi connectivity index (χ0v) is 10.4. The second-order valence-corrected chi connectivity index (χ2v) is 3.99. The topological polar surface area (TPSA) is 54.5 Å². The summed E-state index contributed by atoms with van der Waals surface area (Å²) in [5.74, 6) is 0.778. The van der Waals surface area contributed by atoms with Crippen molar-refractivity contribution in [3.8, 4) is 0 Å². The lowest BCUT2D eigenvalue weighted by atomic mass is 10.3. The Hall–Kier alpha value is -1.88. The number of aromatic nitrogens is 1. The van der Waals surface area contributed by atoms with E-state index in [1.807, 2.05) is 12.1 Å².